The number of nitrogens with two attached hydrogens (primary N) is 1. The molecule has 1 aliphatic heterocycles. The van der Waals surface area contributed by atoms with Gasteiger partial charge in [0.15, 0.2) is 0 Å². The molecule has 2 aliphatic rings. The molecule has 1 aliphatic carbocycles. The van der Waals surface area contributed by atoms with Gasteiger partial charge < -0.3 is 5.73 Å². The highest BCUT2D eigenvalue weighted by Gasteiger charge is 2.53. The van der Waals surface area contributed by atoms with Crippen LogP contribution in [0.15, 0.2) is 0 Å². The van der Waals surface area contributed by atoms with Gasteiger partial charge in [-0.1, -0.05) is 6.92 Å². The van der Waals surface area contributed by atoms with Crippen molar-refractivity contribution >= 4 is 10.0 Å². The molecule has 0 radical (unpaired) electrons. The molecule has 2 rings (SSSR count). The molecule has 0 aromatic carbocycles. The molecule has 4 nitrogen and oxygen atoms in total. The van der Waals surface area contributed by atoms with Crippen molar-refractivity contribution in [2.75, 3.05) is 12.8 Å². The van der Waals surface area contributed by atoms with E-state index in [1.54, 1.807) is 11.4 Å². The minimum Gasteiger partial charge on any atom is -0.325 e. The van der Waals surface area contributed by atoms with Crippen LogP contribution in [-0.4, -0.2) is 37.1 Å². The fraction of sp³-hybridized carbons (Fsp3) is 1.00. The maximum atomic E-state index is 11.8. The van der Waals surface area contributed by atoms with Crippen molar-refractivity contribution in [1.82, 2.24) is 4.31 Å². The second kappa shape index (κ2) is 3.43. The van der Waals surface area contributed by atoms with Crippen molar-refractivity contribution in [2.45, 2.75) is 44.2 Å². The van der Waals surface area contributed by atoms with E-state index in [4.69, 9.17) is 5.73 Å². The Kier molecular flexibility index (Phi) is 2.60. The first-order chi connectivity index (χ1) is 6.88. The van der Waals surface area contributed by atoms with E-state index in [0.29, 0.717) is 5.92 Å². The Labute approximate surface area is 91.9 Å². The van der Waals surface area contributed by atoms with E-state index in [-0.39, 0.29) is 17.3 Å². The molecule has 1 saturated heterocycles. The molecular formula is C10H20N2O2S. The minimum absolute atomic E-state index is 0.123. The molecule has 2 fully saturated rings. The van der Waals surface area contributed by atoms with E-state index >= 15 is 0 Å². The van der Waals surface area contributed by atoms with Crippen LogP contribution in [0.3, 0.4) is 0 Å². The lowest BCUT2D eigenvalue weighted by molar-refractivity contribution is 0.123. The minimum atomic E-state index is -3.09. The molecule has 5 heteroatoms. The van der Waals surface area contributed by atoms with Crippen molar-refractivity contribution in [1.29, 1.82) is 0 Å². The molecule has 88 valence electrons. The Bertz CT molecular complexity index is 344. The first-order valence-electron chi connectivity index (χ1n) is 5.61. The zero-order chi connectivity index (χ0) is 11.3. The van der Waals surface area contributed by atoms with Crippen molar-refractivity contribution in [3.05, 3.63) is 0 Å². The van der Waals surface area contributed by atoms with Gasteiger partial charge in [0.25, 0.3) is 0 Å². The van der Waals surface area contributed by atoms with Crippen LogP contribution in [0.1, 0.15) is 32.6 Å². The monoisotopic (exact) mass is 232 g/mol. The van der Waals surface area contributed by atoms with Crippen molar-refractivity contribution in [3.63, 3.8) is 0 Å². The molecule has 0 aromatic heterocycles. The Hall–Kier alpha value is -0.130. The number of sulfonamides is 1. The lowest BCUT2D eigenvalue weighted by Crippen LogP contribution is -2.54. The van der Waals surface area contributed by atoms with E-state index in [9.17, 15) is 8.42 Å². The topological polar surface area (TPSA) is 63.4 Å². The molecule has 1 atom stereocenters. The average Bonchev–Trinajstić information content (AvgIpc) is 2.32. The summed E-state index contributed by atoms with van der Waals surface area (Å²) in [6.07, 6.45) is 4.03. The summed E-state index contributed by atoms with van der Waals surface area (Å²) < 4.78 is 25.1. The summed E-state index contributed by atoms with van der Waals surface area (Å²) in [4.78, 5) is 0. The van der Waals surface area contributed by atoms with Crippen LogP contribution in [-0.2, 0) is 10.0 Å². The highest BCUT2D eigenvalue weighted by atomic mass is 32.2. The summed E-state index contributed by atoms with van der Waals surface area (Å²) >= 11 is 0. The van der Waals surface area contributed by atoms with Crippen LogP contribution in [0.4, 0.5) is 0 Å². The number of nitrogens with zero attached hydrogens (tertiary/aromatic N) is 1. The van der Waals surface area contributed by atoms with Gasteiger partial charge in [0.05, 0.1) is 11.3 Å². The van der Waals surface area contributed by atoms with Crippen LogP contribution in [0.5, 0.6) is 0 Å². The fourth-order valence-corrected chi connectivity index (χ4v) is 4.81. The third kappa shape index (κ3) is 1.61. The van der Waals surface area contributed by atoms with Gasteiger partial charge in [0.2, 0.25) is 10.0 Å². The van der Waals surface area contributed by atoms with E-state index in [0.717, 1.165) is 25.7 Å². The first-order valence-corrected chi connectivity index (χ1v) is 7.22. The molecule has 1 heterocycles. The van der Waals surface area contributed by atoms with Gasteiger partial charge in [0, 0.05) is 13.1 Å². The SMILES string of the molecule is CC1CCC2(CC1)C(N)CS(=O)(=O)N2C. The van der Waals surface area contributed by atoms with Crippen LogP contribution in [0.25, 0.3) is 0 Å². The van der Waals surface area contributed by atoms with Crippen LogP contribution < -0.4 is 5.73 Å². The normalized spacial score (nSPS) is 46.1. The molecule has 1 saturated carbocycles. The van der Waals surface area contributed by atoms with Gasteiger partial charge in [-0.15, -0.1) is 0 Å². The van der Waals surface area contributed by atoms with Gasteiger partial charge in [-0.3, -0.25) is 0 Å². The summed E-state index contributed by atoms with van der Waals surface area (Å²) in [5, 5.41) is 0. The Morgan fingerprint density at radius 2 is 1.87 bits per heavy atom. The molecule has 0 bridgehead atoms. The Morgan fingerprint density at radius 3 is 2.27 bits per heavy atom. The van der Waals surface area contributed by atoms with E-state index in [1.165, 1.54) is 0 Å². The molecule has 0 aromatic rings. The third-order valence-electron chi connectivity index (χ3n) is 4.26. The highest BCUT2D eigenvalue weighted by Crippen LogP contribution is 2.42. The largest absolute Gasteiger partial charge is 0.325 e. The van der Waals surface area contributed by atoms with Gasteiger partial charge in [0.1, 0.15) is 0 Å². The molecule has 0 amide bonds. The predicted octanol–water partition coefficient (Wildman–Crippen LogP) is 0.538. The zero-order valence-electron chi connectivity index (χ0n) is 9.44. The fourth-order valence-electron chi connectivity index (χ4n) is 2.95. The standard InChI is InChI=1S/C10H20N2O2S/c1-8-3-5-10(6-4-8)9(11)7-15(13,14)12(10)2/h8-9H,3-7,11H2,1-2H3. The maximum Gasteiger partial charge on any atom is 0.216 e. The quantitative estimate of drug-likeness (QED) is 0.663. The molecule has 2 N–H and O–H groups in total. The lowest BCUT2D eigenvalue weighted by Gasteiger charge is -2.42. The summed E-state index contributed by atoms with van der Waals surface area (Å²) in [6, 6.07) is -0.208. The summed E-state index contributed by atoms with van der Waals surface area (Å²) in [5.74, 6) is 0.831. The second-order valence-corrected chi connectivity index (χ2v) is 7.18. The third-order valence-corrected chi connectivity index (χ3v) is 6.24. The van der Waals surface area contributed by atoms with Crippen LogP contribution in [0.2, 0.25) is 0 Å². The molecule has 15 heavy (non-hydrogen) atoms. The summed E-state index contributed by atoms with van der Waals surface area (Å²) in [5.41, 5.74) is 5.76. The average molecular weight is 232 g/mol. The lowest BCUT2D eigenvalue weighted by atomic mass is 9.74. The van der Waals surface area contributed by atoms with E-state index < -0.39 is 10.0 Å². The molecule has 1 spiro atoms. The summed E-state index contributed by atoms with van der Waals surface area (Å²) in [6.45, 7) is 2.22. The van der Waals surface area contributed by atoms with E-state index in [2.05, 4.69) is 6.92 Å². The zero-order valence-corrected chi connectivity index (χ0v) is 10.3. The van der Waals surface area contributed by atoms with Crippen LogP contribution in [0, 0.1) is 5.92 Å². The number of likely N-dealkylation sites (N-methyl/N-ethyl adjacent to an activating group) is 1. The smallest absolute Gasteiger partial charge is 0.216 e. The van der Waals surface area contributed by atoms with Crippen molar-refractivity contribution in [3.8, 4) is 0 Å². The van der Waals surface area contributed by atoms with Gasteiger partial charge in [-0.05, 0) is 31.6 Å². The van der Waals surface area contributed by atoms with Crippen LogP contribution >= 0.6 is 0 Å². The van der Waals surface area contributed by atoms with Gasteiger partial charge in [-0.2, -0.15) is 4.31 Å². The Balaban J connectivity index is 2.28. The second-order valence-electron chi connectivity index (χ2n) is 5.14. The van der Waals surface area contributed by atoms with E-state index in [1.807, 2.05) is 0 Å². The number of hydrogen-bond donors (Lipinski definition) is 1. The first kappa shape index (κ1) is 11.4. The predicted molar refractivity (Wildman–Crippen MR) is 59.9 cm³/mol. The van der Waals surface area contributed by atoms with Gasteiger partial charge >= 0.3 is 0 Å². The van der Waals surface area contributed by atoms with Crippen molar-refractivity contribution in [2.24, 2.45) is 11.7 Å². The Morgan fingerprint density at radius 1 is 1.33 bits per heavy atom. The summed E-state index contributed by atoms with van der Waals surface area (Å²) in [7, 11) is -1.40. The number of rotatable bonds is 0. The molecular weight excluding hydrogens is 212 g/mol. The number of hydrogen-bond acceptors (Lipinski definition) is 3. The maximum absolute atomic E-state index is 11.8. The van der Waals surface area contributed by atoms with Crippen molar-refractivity contribution < 1.29 is 8.42 Å². The highest BCUT2D eigenvalue weighted by molar-refractivity contribution is 7.89. The van der Waals surface area contributed by atoms with Gasteiger partial charge in [-0.25, -0.2) is 8.42 Å². The molecule has 1 unspecified atom stereocenters.